The second-order valence-electron chi connectivity index (χ2n) is 14.5. The predicted octanol–water partition coefficient (Wildman–Crippen LogP) is 6.89. The first-order chi connectivity index (χ1) is 24.4. The number of aryl methyl sites for hydroxylation is 1. The van der Waals surface area contributed by atoms with E-state index in [0.717, 1.165) is 38.3 Å². The molecule has 2 aromatic heterocycles. The van der Waals surface area contributed by atoms with Gasteiger partial charge in [-0.3, -0.25) is 14.2 Å². The molecular weight excluding hydrogens is 700 g/mol. The molecule has 1 aromatic carbocycles. The van der Waals surface area contributed by atoms with Crippen LogP contribution in [0.3, 0.4) is 0 Å². The van der Waals surface area contributed by atoms with Gasteiger partial charge in [0, 0.05) is 32.2 Å². The van der Waals surface area contributed by atoms with Crippen molar-refractivity contribution in [3.05, 3.63) is 39.9 Å². The van der Waals surface area contributed by atoms with E-state index in [0.29, 0.717) is 56.7 Å². The fraction of sp³-hybridized carbons (Fsp3) is 0.571. The lowest BCUT2D eigenvalue weighted by Crippen LogP contribution is -2.45. The summed E-state index contributed by atoms with van der Waals surface area (Å²) in [6.07, 6.45) is -0.0329. The molecule has 0 aliphatic carbocycles. The molecule has 8 heterocycles. The number of anilines is 2. The summed E-state index contributed by atoms with van der Waals surface area (Å²) < 4.78 is 100. The Morgan fingerprint density at radius 2 is 2.02 bits per heavy atom. The number of benzene rings is 1. The summed E-state index contributed by atoms with van der Waals surface area (Å²) in [7, 11) is 0. The molecule has 9 rings (SSSR count). The molecule has 9 nitrogen and oxygen atoms in total. The molecule has 4 atom stereocenters. The van der Waals surface area contributed by atoms with Crippen molar-refractivity contribution < 1.29 is 35.8 Å². The number of nitrogen functional groups attached to an aromatic ring is 1. The minimum absolute atomic E-state index is 0.0491. The van der Waals surface area contributed by atoms with Gasteiger partial charge in [0.25, 0.3) is 0 Å². The summed E-state index contributed by atoms with van der Waals surface area (Å²) in [6.45, 7) is 3.99. The number of nitrogens with two attached hydrogens (primary N) is 1. The number of nitrogens with zero attached hydrogens (tertiary/aromatic N) is 6. The minimum atomic E-state index is -4.92. The zero-order valence-electron chi connectivity index (χ0n) is 28.0. The van der Waals surface area contributed by atoms with Crippen LogP contribution in [0.2, 0.25) is 5.02 Å². The van der Waals surface area contributed by atoms with Gasteiger partial charge in [-0.1, -0.05) is 11.6 Å². The fourth-order valence-corrected chi connectivity index (χ4v) is 9.50. The molecule has 0 amide bonds. The number of piperidine rings is 1. The van der Waals surface area contributed by atoms with E-state index in [4.69, 9.17) is 31.8 Å². The van der Waals surface area contributed by atoms with Gasteiger partial charge < -0.3 is 20.1 Å². The van der Waals surface area contributed by atoms with Crippen LogP contribution in [0, 0.1) is 18.7 Å². The summed E-state index contributed by atoms with van der Waals surface area (Å²) >= 11 is 6.89. The van der Waals surface area contributed by atoms with Gasteiger partial charge in [-0.25, -0.2) is 13.8 Å². The maximum absolute atomic E-state index is 17.2. The molecule has 2 N–H and O–H groups in total. The summed E-state index contributed by atoms with van der Waals surface area (Å²) in [4.78, 5) is 19.8. The molecule has 6 aliphatic heterocycles. The fourth-order valence-electron chi connectivity index (χ4n) is 9.18. The van der Waals surface area contributed by atoms with Crippen LogP contribution in [0.1, 0.15) is 49.7 Å². The van der Waals surface area contributed by atoms with Crippen LogP contribution in [0.5, 0.6) is 11.8 Å². The van der Waals surface area contributed by atoms with E-state index in [1.807, 2.05) is 0 Å². The molecule has 2 bridgehead atoms. The number of fused-ring (bicyclic) bond motifs is 3. The molecule has 0 spiro atoms. The predicted molar refractivity (Wildman–Crippen MR) is 180 cm³/mol. The normalized spacial score (nSPS) is 27.1. The molecule has 51 heavy (non-hydrogen) atoms. The average Bonchev–Trinajstić information content (AvgIpc) is 3.46. The van der Waals surface area contributed by atoms with Gasteiger partial charge in [-0.15, -0.1) is 0 Å². The quantitative estimate of drug-likeness (QED) is 0.261. The van der Waals surface area contributed by atoms with Crippen molar-refractivity contribution in [3.8, 4) is 23.0 Å². The monoisotopic (exact) mass is 737 g/mol. The molecule has 0 saturated carbocycles. The van der Waals surface area contributed by atoms with Crippen molar-refractivity contribution >= 4 is 34.1 Å². The van der Waals surface area contributed by atoms with Gasteiger partial charge >= 0.3 is 12.2 Å². The SMILES string of the molecule is Cc1cc(N)nc(-c2c(Cl)c3c4c(nc(OC[C@@]56CCCN5C/C(=C\F)C6)nc4c2F)N2C[C@H]4CC[C@H](CN4CCCF)[C@H]2CO3)c1C(F)(F)F. The van der Waals surface area contributed by atoms with Crippen LogP contribution < -0.4 is 20.1 Å². The zero-order chi connectivity index (χ0) is 35.8. The van der Waals surface area contributed by atoms with Crippen LogP contribution in [0.15, 0.2) is 18.0 Å². The smallest absolute Gasteiger partial charge is 0.418 e. The third-order valence-corrected chi connectivity index (χ3v) is 11.8. The van der Waals surface area contributed by atoms with Gasteiger partial charge in [-0.2, -0.15) is 23.1 Å². The number of hydrogen-bond donors (Lipinski definition) is 1. The molecular formula is C35H38ClF6N7O2. The Morgan fingerprint density at radius 3 is 2.78 bits per heavy atom. The molecule has 5 fully saturated rings. The first-order valence-corrected chi connectivity index (χ1v) is 17.7. The van der Waals surface area contributed by atoms with Crippen LogP contribution >= 0.6 is 11.6 Å². The van der Waals surface area contributed by atoms with Gasteiger partial charge in [0.1, 0.15) is 30.4 Å². The highest BCUT2D eigenvalue weighted by atomic mass is 35.5. The number of alkyl halides is 4. The Morgan fingerprint density at radius 1 is 1.20 bits per heavy atom. The standard InChI is InChI=1S/C35H38ClF6N7O2/c1-18-10-23(43)44-29(26(18)35(40,41)42)24-27(36)31-25-30(28(24)39)45-33(51-17-34-6-2-9-48(34)13-19(11-34)12-38)46-32(25)49-15-21-5-4-20(22(49)16-50-31)14-47(21)8-3-7-37/h10,12,20-22H,2-9,11,13-17H2,1H3,(H2,43,44)/b19-12-/t20-,21-,22-,34+/m1/s1. The third-order valence-electron chi connectivity index (χ3n) is 11.5. The number of halogens is 7. The molecule has 16 heteroatoms. The van der Waals surface area contributed by atoms with Crippen LogP contribution in [-0.2, 0) is 6.18 Å². The Kier molecular flexibility index (Phi) is 8.69. The van der Waals surface area contributed by atoms with E-state index in [1.54, 1.807) is 0 Å². The first-order valence-electron chi connectivity index (χ1n) is 17.3. The minimum Gasteiger partial charge on any atom is -0.489 e. The highest BCUT2D eigenvalue weighted by molar-refractivity contribution is 6.36. The van der Waals surface area contributed by atoms with E-state index in [2.05, 4.69) is 24.7 Å². The van der Waals surface area contributed by atoms with Crippen molar-refractivity contribution in [2.75, 3.05) is 63.2 Å². The van der Waals surface area contributed by atoms with Gasteiger partial charge in [0.15, 0.2) is 11.6 Å². The molecule has 3 aromatic rings. The molecule has 5 saturated heterocycles. The highest BCUT2D eigenvalue weighted by Gasteiger charge is 2.48. The van der Waals surface area contributed by atoms with E-state index < -0.39 is 46.1 Å². The summed E-state index contributed by atoms with van der Waals surface area (Å²) in [6, 6.07) is 0.689. The van der Waals surface area contributed by atoms with Crippen molar-refractivity contribution in [1.29, 1.82) is 0 Å². The van der Waals surface area contributed by atoms with E-state index >= 15 is 4.39 Å². The van der Waals surface area contributed by atoms with E-state index in [9.17, 15) is 22.0 Å². The van der Waals surface area contributed by atoms with Crippen molar-refractivity contribution in [2.45, 2.75) is 69.2 Å². The van der Waals surface area contributed by atoms with Gasteiger partial charge in [0.2, 0.25) is 0 Å². The van der Waals surface area contributed by atoms with Crippen LogP contribution in [0.4, 0.5) is 38.0 Å². The summed E-state index contributed by atoms with van der Waals surface area (Å²) in [5.74, 6) is -1.07. The highest BCUT2D eigenvalue weighted by Crippen LogP contribution is 2.52. The molecule has 274 valence electrons. The number of hydrogen-bond acceptors (Lipinski definition) is 9. The number of pyridine rings is 1. The number of aromatic nitrogens is 3. The number of rotatable bonds is 7. The molecule has 0 unspecified atom stereocenters. The zero-order valence-corrected chi connectivity index (χ0v) is 28.8. The second kappa shape index (κ2) is 12.8. The maximum Gasteiger partial charge on any atom is 0.418 e. The Bertz CT molecular complexity index is 1910. The Balaban J connectivity index is 1.31. The molecule has 6 aliphatic rings. The van der Waals surface area contributed by atoms with Crippen molar-refractivity contribution in [1.82, 2.24) is 24.8 Å². The van der Waals surface area contributed by atoms with Crippen molar-refractivity contribution in [3.63, 3.8) is 0 Å². The topological polar surface area (TPSA) is 92.9 Å². The summed E-state index contributed by atoms with van der Waals surface area (Å²) in [5.41, 5.74) is 2.92. The van der Waals surface area contributed by atoms with Gasteiger partial charge in [-0.05, 0) is 75.1 Å². The van der Waals surface area contributed by atoms with Gasteiger partial charge in [0.05, 0.1) is 51.8 Å². The number of ether oxygens (including phenoxy) is 2. The Hall–Kier alpha value is -3.56. The maximum atomic E-state index is 17.2. The second-order valence-corrected chi connectivity index (χ2v) is 14.9. The lowest BCUT2D eigenvalue weighted by molar-refractivity contribution is -0.137. The average molecular weight is 738 g/mol. The summed E-state index contributed by atoms with van der Waals surface area (Å²) in [5, 5.41) is -0.281. The van der Waals surface area contributed by atoms with E-state index in [-0.39, 0.29) is 65.3 Å². The van der Waals surface area contributed by atoms with Crippen molar-refractivity contribution in [2.24, 2.45) is 5.92 Å². The lowest BCUT2D eigenvalue weighted by Gasteiger charge is -2.36. The van der Waals surface area contributed by atoms with Crippen LogP contribution in [0.25, 0.3) is 22.2 Å². The molecule has 0 radical (unpaired) electrons. The largest absolute Gasteiger partial charge is 0.489 e. The Labute approximate surface area is 295 Å². The third kappa shape index (κ3) is 5.74. The van der Waals surface area contributed by atoms with E-state index in [1.165, 1.54) is 6.92 Å². The van der Waals surface area contributed by atoms with Crippen LogP contribution in [-0.4, -0.2) is 95.0 Å². The first kappa shape index (κ1) is 34.5. The lowest BCUT2D eigenvalue weighted by atomic mass is 9.90.